The summed E-state index contributed by atoms with van der Waals surface area (Å²) in [6.07, 6.45) is 3.29. The Morgan fingerprint density at radius 2 is 2.31 bits per heavy atom. The van der Waals surface area contributed by atoms with E-state index >= 15 is 0 Å². The van der Waals surface area contributed by atoms with Crippen LogP contribution in [0.15, 0.2) is 12.3 Å². The van der Waals surface area contributed by atoms with Crippen molar-refractivity contribution in [3.8, 4) is 0 Å². The molecule has 16 heavy (non-hydrogen) atoms. The number of aryl methyl sites for hydroxylation is 1. The van der Waals surface area contributed by atoms with E-state index in [2.05, 4.69) is 5.32 Å². The molecule has 0 saturated carbocycles. The molecule has 0 aliphatic rings. The van der Waals surface area contributed by atoms with Gasteiger partial charge in [0.05, 0.1) is 5.69 Å². The third-order valence-electron chi connectivity index (χ3n) is 2.12. The number of hydrogen-bond donors (Lipinski definition) is 2. The molecule has 0 radical (unpaired) electrons. The second kappa shape index (κ2) is 5.16. The Labute approximate surface area is 97.5 Å². The van der Waals surface area contributed by atoms with Crippen LogP contribution in [0.25, 0.3) is 0 Å². The van der Waals surface area contributed by atoms with Gasteiger partial charge in [-0.3, -0.25) is 9.00 Å². The van der Waals surface area contributed by atoms with Gasteiger partial charge >= 0.3 is 0 Å². The standard InChI is InChI=1S/C10H17N3O2S/c1-7(6-16(3)15)12-10(14)9-4-8(11)5-13(9)2/h4-5,7H,6,11H2,1-3H3,(H,12,14). The first kappa shape index (κ1) is 12.8. The second-order valence-electron chi connectivity index (χ2n) is 3.88. The molecule has 5 nitrogen and oxygen atoms in total. The first-order chi connectivity index (χ1) is 7.40. The lowest BCUT2D eigenvalue weighted by Crippen LogP contribution is -2.36. The monoisotopic (exact) mass is 243 g/mol. The number of carbonyl (C=O) groups excluding carboxylic acids is 1. The van der Waals surface area contributed by atoms with Crippen molar-refractivity contribution in [3.05, 3.63) is 18.0 Å². The summed E-state index contributed by atoms with van der Waals surface area (Å²) >= 11 is 0. The molecule has 2 unspecified atom stereocenters. The minimum atomic E-state index is -0.915. The van der Waals surface area contributed by atoms with Crippen molar-refractivity contribution in [1.82, 2.24) is 9.88 Å². The number of hydrogen-bond acceptors (Lipinski definition) is 3. The topological polar surface area (TPSA) is 77.1 Å². The molecule has 3 N–H and O–H groups in total. The molecule has 1 aromatic rings. The minimum absolute atomic E-state index is 0.116. The Morgan fingerprint density at radius 3 is 2.75 bits per heavy atom. The van der Waals surface area contributed by atoms with Crippen LogP contribution in [0.4, 0.5) is 5.69 Å². The van der Waals surface area contributed by atoms with Gasteiger partial charge < -0.3 is 15.6 Å². The van der Waals surface area contributed by atoms with Crippen molar-refractivity contribution in [2.45, 2.75) is 13.0 Å². The molecule has 1 heterocycles. The van der Waals surface area contributed by atoms with Gasteiger partial charge in [0.2, 0.25) is 0 Å². The maximum atomic E-state index is 11.8. The molecule has 0 spiro atoms. The molecule has 1 rings (SSSR count). The number of nitrogens with zero attached hydrogens (tertiary/aromatic N) is 1. The number of nitrogen functional groups attached to an aromatic ring is 1. The van der Waals surface area contributed by atoms with Crippen LogP contribution in [0.1, 0.15) is 17.4 Å². The van der Waals surface area contributed by atoms with E-state index in [0.717, 1.165) is 0 Å². The first-order valence-electron chi connectivity index (χ1n) is 4.93. The quantitative estimate of drug-likeness (QED) is 0.787. The predicted molar refractivity (Wildman–Crippen MR) is 65.7 cm³/mol. The van der Waals surface area contributed by atoms with Gasteiger partial charge in [-0.15, -0.1) is 0 Å². The van der Waals surface area contributed by atoms with Crippen LogP contribution in [-0.2, 0) is 17.8 Å². The molecule has 0 aromatic carbocycles. The van der Waals surface area contributed by atoms with Crippen molar-refractivity contribution >= 4 is 22.4 Å². The van der Waals surface area contributed by atoms with Crippen LogP contribution in [-0.4, -0.2) is 32.7 Å². The summed E-state index contributed by atoms with van der Waals surface area (Å²) in [5.41, 5.74) is 6.64. The number of nitrogens with two attached hydrogens (primary N) is 1. The molecule has 6 heteroatoms. The molecule has 0 fully saturated rings. The van der Waals surface area contributed by atoms with E-state index in [1.165, 1.54) is 0 Å². The summed E-state index contributed by atoms with van der Waals surface area (Å²) in [6.45, 7) is 1.82. The maximum absolute atomic E-state index is 11.8. The normalized spacial score (nSPS) is 14.4. The van der Waals surface area contributed by atoms with E-state index in [0.29, 0.717) is 17.1 Å². The summed E-state index contributed by atoms with van der Waals surface area (Å²) < 4.78 is 12.6. The van der Waals surface area contributed by atoms with Crippen LogP contribution in [0, 0.1) is 0 Å². The van der Waals surface area contributed by atoms with Crippen molar-refractivity contribution in [1.29, 1.82) is 0 Å². The third kappa shape index (κ3) is 3.37. The third-order valence-corrected chi connectivity index (χ3v) is 3.09. The summed E-state index contributed by atoms with van der Waals surface area (Å²) in [6, 6.07) is 1.50. The highest BCUT2D eigenvalue weighted by Crippen LogP contribution is 2.08. The van der Waals surface area contributed by atoms with Crippen molar-refractivity contribution < 1.29 is 9.00 Å². The summed E-state index contributed by atoms with van der Waals surface area (Å²) in [5.74, 6) is 0.253. The minimum Gasteiger partial charge on any atom is -0.397 e. The number of carbonyl (C=O) groups is 1. The highest BCUT2D eigenvalue weighted by atomic mass is 32.2. The zero-order valence-electron chi connectivity index (χ0n) is 9.69. The molecule has 2 atom stereocenters. The molecule has 1 amide bonds. The second-order valence-corrected chi connectivity index (χ2v) is 5.36. The van der Waals surface area contributed by atoms with Gasteiger partial charge in [0.15, 0.2) is 0 Å². The van der Waals surface area contributed by atoms with Crippen LogP contribution in [0.3, 0.4) is 0 Å². The van der Waals surface area contributed by atoms with E-state index in [-0.39, 0.29) is 11.9 Å². The fraction of sp³-hybridized carbons (Fsp3) is 0.500. The molecule has 0 aliphatic heterocycles. The van der Waals surface area contributed by atoms with Gasteiger partial charge in [0.25, 0.3) is 5.91 Å². The molecular weight excluding hydrogens is 226 g/mol. The zero-order valence-corrected chi connectivity index (χ0v) is 10.5. The number of nitrogens with one attached hydrogen (secondary N) is 1. The van der Waals surface area contributed by atoms with Gasteiger partial charge in [0.1, 0.15) is 5.69 Å². The van der Waals surface area contributed by atoms with E-state index in [1.807, 2.05) is 6.92 Å². The number of amides is 1. The maximum Gasteiger partial charge on any atom is 0.268 e. The smallest absolute Gasteiger partial charge is 0.268 e. The molecular formula is C10H17N3O2S. The van der Waals surface area contributed by atoms with Crippen LogP contribution >= 0.6 is 0 Å². The predicted octanol–water partition coefficient (Wildman–Crippen LogP) is 0.104. The number of anilines is 1. The molecule has 1 aromatic heterocycles. The molecule has 90 valence electrons. The van der Waals surface area contributed by atoms with E-state index in [9.17, 15) is 9.00 Å². The SMILES string of the molecule is CC(CS(C)=O)NC(=O)c1cc(N)cn1C. The van der Waals surface area contributed by atoms with Crippen molar-refractivity contribution in [3.63, 3.8) is 0 Å². The Bertz CT molecular complexity index is 414. The summed E-state index contributed by atoms with van der Waals surface area (Å²) in [4.78, 5) is 11.8. The average Bonchev–Trinajstić information content (AvgIpc) is 2.43. The van der Waals surface area contributed by atoms with Gasteiger partial charge in [0, 0.05) is 42.1 Å². The van der Waals surface area contributed by atoms with E-state index < -0.39 is 10.8 Å². The van der Waals surface area contributed by atoms with Gasteiger partial charge in [-0.25, -0.2) is 0 Å². The number of aromatic nitrogens is 1. The molecule has 0 saturated heterocycles. The first-order valence-corrected chi connectivity index (χ1v) is 6.65. The van der Waals surface area contributed by atoms with Gasteiger partial charge in [-0.2, -0.15) is 0 Å². The van der Waals surface area contributed by atoms with E-state index in [1.54, 1.807) is 30.1 Å². The largest absolute Gasteiger partial charge is 0.397 e. The van der Waals surface area contributed by atoms with Crippen molar-refractivity contribution in [2.24, 2.45) is 7.05 Å². The molecule has 0 bridgehead atoms. The molecule has 0 aliphatic carbocycles. The van der Waals surface area contributed by atoms with E-state index in [4.69, 9.17) is 5.73 Å². The Balaban J connectivity index is 2.65. The number of rotatable bonds is 4. The van der Waals surface area contributed by atoms with Crippen molar-refractivity contribution in [2.75, 3.05) is 17.7 Å². The van der Waals surface area contributed by atoms with Crippen LogP contribution < -0.4 is 11.1 Å². The lowest BCUT2D eigenvalue weighted by molar-refractivity contribution is 0.0935. The fourth-order valence-electron chi connectivity index (χ4n) is 1.51. The lowest BCUT2D eigenvalue weighted by Gasteiger charge is -2.12. The highest BCUT2D eigenvalue weighted by Gasteiger charge is 2.14. The summed E-state index contributed by atoms with van der Waals surface area (Å²) in [5, 5.41) is 2.77. The average molecular weight is 243 g/mol. The Kier molecular flexibility index (Phi) is 4.12. The summed E-state index contributed by atoms with van der Waals surface area (Å²) in [7, 11) is 0.843. The Morgan fingerprint density at radius 1 is 1.69 bits per heavy atom. The van der Waals surface area contributed by atoms with Crippen LogP contribution in [0.5, 0.6) is 0 Å². The van der Waals surface area contributed by atoms with Gasteiger partial charge in [-0.05, 0) is 13.0 Å². The van der Waals surface area contributed by atoms with Crippen LogP contribution in [0.2, 0.25) is 0 Å². The van der Waals surface area contributed by atoms with Gasteiger partial charge in [-0.1, -0.05) is 0 Å². The fourth-order valence-corrected chi connectivity index (χ4v) is 2.29. The highest BCUT2D eigenvalue weighted by molar-refractivity contribution is 7.84. The lowest BCUT2D eigenvalue weighted by atomic mass is 10.3. The Hall–Kier alpha value is -1.30. The zero-order chi connectivity index (χ0) is 12.3.